The summed E-state index contributed by atoms with van der Waals surface area (Å²) in [6.45, 7) is 7.90. The van der Waals surface area contributed by atoms with E-state index in [2.05, 4.69) is 39.6 Å². The number of Topliss-reactive ketones (excluding diaryl/α,β-unsaturated/α-hetero) is 1. The molecule has 1 saturated heterocycles. The SMILES string of the molecule is CC(C)Cn1c(SCC(=O)C(C#N)=C2N(C)c3ccccc3N2C)nnc1N1CCOCC1. The Kier molecular flexibility index (Phi) is 6.91. The van der Waals surface area contributed by atoms with Crippen molar-refractivity contribution in [1.29, 1.82) is 5.26 Å². The first-order chi connectivity index (χ1) is 15.9. The zero-order valence-corrected chi connectivity index (χ0v) is 20.3. The molecule has 174 valence electrons. The van der Waals surface area contributed by atoms with Crippen molar-refractivity contribution in [3.05, 3.63) is 35.7 Å². The lowest BCUT2D eigenvalue weighted by Gasteiger charge is -2.28. The molecule has 1 fully saturated rings. The summed E-state index contributed by atoms with van der Waals surface area (Å²) in [5.74, 6) is 1.69. The zero-order valence-electron chi connectivity index (χ0n) is 19.5. The number of aromatic nitrogens is 3. The fraction of sp³-hybridized carbons (Fsp3) is 0.478. The first-order valence-electron chi connectivity index (χ1n) is 11.0. The molecule has 2 aromatic rings. The van der Waals surface area contributed by atoms with E-state index in [0.29, 0.717) is 30.1 Å². The van der Waals surface area contributed by atoms with Crippen LogP contribution in [0.2, 0.25) is 0 Å². The lowest BCUT2D eigenvalue weighted by molar-refractivity contribution is -0.112. The van der Waals surface area contributed by atoms with Gasteiger partial charge in [-0.3, -0.25) is 9.36 Å². The Hall–Kier alpha value is -3.03. The molecule has 0 unspecified atom stereocenters. The van der Waals surface area contributed by atoms with Crippen molar-refractivity contribution in [3.63, 3.8) is 0 Å². The van der Waals surface area contributed by atoms with Crippen LogP contribution in [-0.4, -0.2) is 66.7 Å². The van der Waals surface area contributed by atoms with Gasteiger partial charge in [-0.05, 0) is 18.1 Å². The second-order valence-electron chi connectivity index (χ2n) is 8.52. The molecular weight excluding hydrogens is 438 g/mol. The third kappa shape index (κ3) is 4.56. The number of carbonyl (C=O) groups is 1. The average Bonchev–Trinajstić information content (AvgIpc) is 3.32. The van der Waals surface area contributed by atoms with Gasteiger partial charge in [0.25, 0.3) is 0 Å². The van der Waals surface area contributed by atoms with Crippen LogP contribution in [0, 0.1) is 17.2 Å². The quantitative estimate of drug-likeness (QED) is 0.346. The molecule has 0 amide bonds. The molecule has 0 spiro atoms. The van der Waals surface area contributed by atoms with Crippen molar-refractivity contribution in [2.24, 2.45) is 5.92 Å². The zero-order chi connectivity index (χ0) is 23.5. The average molecular weight is 468 g/mol. The van der Waals surface area contributed by atoms with Crippen molar-refractivity contribution in [2.45, 2.75) is 25.5 Å². The Morgan fingerprint density at radius 1 is 1.15 bits per heavy atom. The van der Waals surface area contributed by atoms with Crippen LogP contribution in [-0.2, 0) is 16.1 Å². The minimum Gasteiger partial charge on any atom is -0.378 e. The van der Waals surface area contributed by atoms with E-state index >= 15 is 0 Å². The standard InChI is InChI=1S/C23H29N7O2S/c1-16(2)14-30-22(29-9-11-32-12-10-29)25-26-23(30)33-15-20(31)17(13-24)21-27(3)18-7-5-6-8-19(18)28(21)4/h5-8,16H,9-12,14-15H2,1-4H3. The molecule has 0 N–H and O–H groups in total. The van der Waals surface area contributed by atoms with Crippen LogP contribution in [0.4, 0.5) is 17.3 Å². The summed E-state index contributed by atoms with van der Waals surface area (Å²) in [6, 6.07) is 10.0. The van der Waals surface area contributed by atoms with Gasteiger partial charge >= 0.3 is 0 Å². The van der Waals surface area contributed by atoms with E-state index in [0.717, 1.165) is 37.0 Å². The Labute approximate surface area is 198 Å². The molecule has 0 atom stereocenters. The maximum absolute atomic E-state index is 13.2. The molecule has 0 saturated carbocycles. The highest BCUT2D eigenvalue weighted by Crippen LogP contribution is 2.40. The number of nitrogens with zero attached hydrogens (tertiary/aromatic N) is 7. The maximum atomic E-state index is 13.2. The number of para-hydroxylation sites is 2. The van der Waals surface area contributed by atoms with Crippen LogP contribution in [0.5, 0.6) is 0 Å². The lowest BCUT2D eigenvalue weighted by Crippen LogP contribution is -2.38. The fourth-order valence-electron chi connectivity index (χ4n) is 4.17. The number of nitriles is 1. The number of thioether (sulfide) groups is 1. The van der Waals surface area contributed by atoms with Gasteiger partial charge in [0.1, 0.15) is 17.5 Å². The second-order valence-corrected chi connectivity index (χ2v) is 9.46. The molecule has 2 aliphatic heterocycles. The number of fused-ring (bicyclic) bond motifs is 1. The van der Waals surface area contributed by atoms with E-state index in [1.807, 2.05) is 48.2 Å². The maximum Gasteiger partial charge on any atom is 0.228 e. The molecule has 33 heavy (non-hydrogen) atoms. The summed E-state index contributed by atoms with van der Waals surface area (Å²) in [7, 11) is 3.76. The number of hydrogen-bond donors (Lipinski definition) is 0. The third-order valence-electron chi connectivity index (χ3n) is 5.73. The van der Waals surface area contributed by atoms with Crippen LogP contribution in [0.15, 0.2) is 40.8 Å². The summed E-state index contributed by atoms with van der Waals surface area (Å²) in [6.07, 6.45) is 0. The first kappa shape index (κ1) is 23.1. The lowest BCUT2D eigenvalue weighted by atomic mass is 10.2. The van der Waals surface area contributed by atoms with Crippen molar-refractivity contribution in [3.8, 4) is 6.07 Å². The molecule has 1 aromatic heterocycles. The van der Waals surface area contributed by atoms with Crippen molar-refractivity contribution in [1.82, 2.24) is 14.8 Å². The number of anilines is 3. The molecule has 2 aliphatic rings. The van der Waals surface area contributed by atoms with Crippen LogP contribution in [0.25, 0.3) is 0 Å². The van der Waals surface area contributed by atoms with Gasteiger partial charge in [-0.2, -0.15) is 5.26 Å². The van der Waals surface area contributed by atoms with Gasteiger partial charge in [-0.25, -0.2) is 0 Å². The van der Waals surface area contributed by atoms with Crippen LogP contribution >= 0.6 is 11.8 Å². The fourth-order valence-corrected chi connectivity index (χ4v) is 4.98. The van der Waals surface area contributed by atoms with Gasteiger partial charge < -0.3 is 19.4 Å². The summed E-state index contributed by atoms with van der Waals surface area (Å²) in [5.41, 5.74) is 2.08. The van der Waals surface area contributed by atoms with E-state index in [1.165, 1.54) is 11.8 Å². The van der Waals surface area contributed by atoms with Crippen molar-refractivity contribution < 1.29 is 9.53 Å². The number of benzene rings is 1. The van der Waals surface area contributed by atoms with Crippen LogP contribution < -0.4 is 14.7 Å². The van der Waals surface area contributed by atoms with E-state index in [4.69, 9.17) is 4.74 Å². The summed E-state index contributed by atoms with van der Waals surface area (Å²) in [4.78, 5) is 19.1. The highest BCUT2D eigenvalue weighted by Gasteiger charge is 2.31. The number of morpholine rings is 1. The number of ether oxygens (including phenoxy) is 1. The van der Waals surface area contributed by atoms with E-state index in [1.54, 1.807) is 0 Å². The molecule has 0 bridgehead atoms. The Morgan fingerprint density at radius 3 is 2.36 bits per heavy atom. The highest BCUT2D eigenvalue weighted by atomic mass is 32.2. The summed E-state index contributed by atoms with van der Waals surface area (Å²) >= 11 is 1.33. The number of hydrogen-bond acceptors (Lipinski definition) is 9. The third-order valence-corrected chi connectivity index (χ3v) is 6.69. The first-order valence-corrected chi connectivity index (χ1v) is 12.0. The highest BCUT2D eigenvalue weighted by molar-refractivity contribution is 7.99. The number of ketones is 1. The largest absolute Gasteiger partial charge is 0.378 e. The molecular formula is C23H29N7O2S. The molecule has 10 heteroatoms. The topological polar surface area (TPSA) is 90.5 Å². The van der Waals surface area contributed by atoms with Gasteiger partial charge in [0.15, 0.2) is 10.9 Å². The van der Waals surface area contributed by atoms with E-state index in [9.17, 15) is 10.1 Å². The Bertz CT molecular complexity index is 1070. The Morgan fingerprint density at radius 2 is 1.79 bits per heavy atom. The van der Waals surface area contributed by atoms with E-state index < -0.39 is 0 Å². The number of rotatable bonds is 7. The van der Waals surface area contributed by atoms with Crippen molar-refractivity contribution in [2.75, 3.05) is 60.9 Å². The monoisotopic (exact) mass is 467 g/mol. The molecule has 4 rings (SSSR count). The van der Waals surface area contributed by atoms with Crippen LogP contribution in [0.3, 0.4) is 0 Å². The molecule has 3 heterocycles. The summed E-state index contributed by atoms with van der Waals surface area (Å²) < 4.78 is 7.54. The number of carbonyl (C=O) groups excluding carboxylic acids is 1. The van der Waals surface area contributed by atoms with E-state index in [-0.39, 0.29) is 17.1 Å². The number of allylic oxidation sites excluding steroid dienone is 1. The molecule has 9 nitrogen and oxygen atoms in total. The Balaban J connectivity index is 1.55. The summed E-state index contributed by atoms with van der Waals surface area (Å²) in [5, 5.41) is 19.4. The van der Waals surface area contributed by atoms with Crippen molar-refractivity contribution >= 4 is 34.9 Å². The van der Waals surface area contributed by atoms with Gasteiger partial charge in [0.05, 0.1) is 30.3 Å². The second kappa shape index (κ2) is 9.85. The molecule has 0 radical (unpaired) electrons. The minimum atomic E-state index is -0.226. The molecule has 1 aromatic carbocycles. The van der Waals surface area contributed by atoms with Gasteiger partial charge in [0.2, 0.25) is 5.95 Å². The smallest absolute Gasteiger partial charge is 0.228 e. The van der Waals surface area contributed by atoms with Gasteiger partial charge in [0, 0.05) is 33.7 Å². The van der Waals surface area contributed by atoms with Gasteiger partial charge in [-0.1, -0.05) is 37.7 Å². The van der Waals surface area contributed by atoms with Crippen LogP contribution in [0.1, 0.15) is 13.8 Å². The predicted molar refractivity (Wildman–Crippen MR) is 130 cm³/mol. The normalized spacial score (nSPS) is 15.8. The van der Waals surface area contributed by atoms with Gasteiger partial charge in [-0.15, -0.1) is 10.2 Å². The minimum absolute atomic E-state index is 0.115. The molecule has 0 aliphatic carbocycles. The predicted octanol–water partition coefficient (Wildman–Crippen LogP) is 2.75.